The van der Waals surface area contributed by atoms with Gasteiger partial charge in [-0.25, -0.2) is 4.79 Å². The van der Waals surface area contributed by atoms with Crippen LogP contribution in [0.2, 0.25) is 5.02 Å². The number of carboxylic acids is 1. The van der Waals surface area contributed by atoms with Crippen LogP contribution in [0.4, 0.5) is 10.5 Å². The monoisotopic (exact) mass is 314 g/mol. The summed E-state index contributed by atoms with van der Waals surface area (Å²) >= 11 is 6.06. The van der Waals surface area contributed by atoms with Crippen LogP contribution < -0.4 is 10.1 Å². The third kappa shape index (κ3) is 5.91. The Morgan fingerprint density at radius 3 is 2.71 bits per heavy atom. The number of amides is 2. The quantitative estimate of drug-likeness (QED) is 0.810. The lowest BCUT2D eigenvalue weighted by molar-refractivity contribution is -0.137. The molecule has 0 atom stereocenters. The standard InChI is InChI=1S/C14H19ClN2O4/c1-3-8-21-12-5-4-10(9-11(12)15)16-14(20)17(2)7-6-13(18)19/h4-5,9H,3,6-8H2,1-2H3,(H,16,20)(H,18,19). The van der Waals surface area contributed by atoms with Crippen LogP contribution >= 0.6 is 11.6 Å². The number of carbonyl (C=O) groups excluding carboxylic acids is 1. The Morgan fingerprint density at radius 2 is 2.14 bits per heavy atom. The van der Waals surface area contributed by atoms with Crippen molar-refractivity contribution in [3.63, 3.8) is 0 Å². The first-order valence-electron chi connectivity index (χ1n) is 6.60. The number of carbonyl (C=O) groups is 2. The molecule has 0 aliphatic rings. The maximum absolute atomic E-state index is 11.8. The molecule has 1 aromatic rings. The van der Waals surface area contributed by atoms with Crippen molar-refractivity contribution in [3.8, 4) is 5.75 Å². The van der Waals surface area contributed by atoms with Crippen molar-refractivity contribution < 1.29 is 19.4 Å². The van der Waals surface area contributed by atoms with E-state index >= 15 is 0 Å². The highest BCUT2D eigenvalue weighted by atomic mass is 35.5. The van der Waals surface area contributed by atoms with Crippen LogP contribution in [0.15, 0.2) is 18.2 Å². The largest absolute Gasteiger partial charge is 0.492 e. The van der Waals surface area contributed by atoms with E-state index in [2.05, 4.69) is 5.32 Å². The maximum atomic E-state index is 11.8. The molecular formula is C14H19ClN2O4. The number of halogens is 1. The summed E-state index contributed by atoms with van der Waals surface area (Å²) in [5.74, 6) is -0.383. The summed E-state index contributed by atoms with van der Waals surface area (Å²) in [6, 6.07) is 4.56. The number of anilines is 1. The summed E-state index contributed by atoms with van der Waals surface area (Å²) < 4.78 is 5.44. The van der Waals surface area contributed by atoms with E-state index in [1.54, 1.807) is 18.2 Å². The van der Waals surface area contributed by atoms with Gasteiger partial charge in [-0.15, -0.1) is 0 Å². The molecule has 1 rings (SSSR count). The normalized spacial score (nSPS) is 10.0. The van der Waals surface area contributed by atoms with Crippen LogP contribution in [0, 0.1) is 0 Å². The first-order valence-corrected chi connectivity index (χ1v) is 6.98. The molecule has 116 valence electrons. The number of nitrogens with zero attached hydrogens (tertiary/aromatic N) is 1. The number of nitrogens with one attached hydrogen (secondary N) is 1. The lowest BCUT2D eigenvalue weighted by Gasteiger charge is -2.17. The summed E-state index contributed by atoms with van der Waals surface area (Å²) in [4.78, 5) is 23.6. The molecule has 0 spiro atoms. The number of hydrogen-bond donors (Lipinski definition) is 2. The van der Waals surface area contributed by atoms with Gasteiger partial charge in [0.05, 0.1) is 18.1 Å². The minimum atomic E-state index is -0.949. The molecule has 0 aliphatic carbocycles. The molecule has 0 aliphatic heterocycles. The Balaban J connectivity index is 2.60. The highest BCUT2D eigenvalue weighted by Crippen LogP contribution is 2.27. The number of urea groups is 1. The zero-order valence-corrected chi connectivity index (χ0v) is 12.8. The zero-order valence-electron chi connectivity index (χ0n) is 12.1. The van der Waals surface area contributed by atoms with Crippen LogP contribution in [-0.4, -0.2) is 42.2 Å². The summed E-state index contributed by atoms with van der Waals surface area (Å²) in [6.07, 6.45) is 0.775. The fourth-order valence-corrected chi connectivity index (χ4v) is 1.73. The van der Waals surface area contributed by atoms with E-state index < -0.39 is 12.0 Å². The van der Waals surface area contributed by atoms with Gasteiger partial charge in [0.2, 0.25) is 0 Å². The molecule has 6 nitrogen and oxygen atoms in total. The minimum absolute atomic E-state index is 0.103. The van der Waals surface area contributed by atoms with E-state index in [1.807, 2.05) is 6.92 Å². The number of hydrogen-bond acceptors (Lipinski definition) is 3. The predicted molar refractivity (Wildman–Crippen MR) is 81.1 cm³/mol. The molecule has 1 aromatic carbocycles. The van der Waals surface area contributed by atoms with Gasteiger partial charge in [0.1, 0.15) is 5.75 Å². The lowest BCUT2D eigenvalue weighted by Crippen LogP contribution is -2.33. The Morgan fingerprint density at radius 1 is 1.43 bits per heavy atom. The van der Waals surface area contributed by atoms with Gasteiger partial charge in [0, 0.05) is 19.3 Å². The summed E-state index contributed by atoms with van der Waals surface area (Å²) in [5, 5.41) is 11.6. The molecule has 0 fully saturated rings. The van der Waals surface area contributed by atoms with E-state index in [0.29, 0.717) is 23.1 Å². The highest BCUT2D eigenvalue weighted by Gasteiger charge is 2.11. The lowest BCUT2D eigenvalue weighted by atomic mass is 10.3. The first-order chi connectivity index (χ1) is 9.93. The number of ether oxygens (including phenoxy) is 1. The fraction of sp³-hybridized carbons (Fsp3) is 0.429. The van der Waals surface area contributed by atoms with Gasteiger partial charge in [0.15, 0.2) is 0 Å². The highest BCUT2D eigenvalue weighted by molar-refractivity contribution is 6.32. The van der Waals surface area contributed by atoms with Gasteiger partial charge >= 0.3 is 12.0 Å². The van der Waals surface area contributed by atoms with E-state index in [9.17, 15) is 9.59 Å². The smallest absolute Gasteiger partial charge is 0.321 e. The third-order valence-corrected chi connectivity index (χ3v) is 2.95. The first kappa shape index (κ1) is 17.1. The van der Waals surface area contributed by atoms with Crippen molar-refractivity contribution in [2.24, 2.45) is 0 Å². The second kappa shape index (κ2) is 8.36. The Hall–Kier alpha value is -1.95. The van der Waals surface area contributed by atoms with Crippen LogP contribution in [0.5, 0.6) is 5.75 Å². The molecule has 0 aromatic heterocycles. The second-order valence-electron chi connectivity index (χ2n) is 4.49. The topological polar surface area (TPSA) is 78.9 Å². The van der Waals surface area contributed by atoms with Crippen molar-refractivity contribution >= 4 is 29.3 Å². The Labute approximate surface area is 128 Å². The van der Waals surface area contributed by atoms with Gasteiger partial charge in [0.25, 0.3) is 0 Å². The molecule has 0 heterocycles. The van der Waals surface area contributed by atoms with Crippen LogP contribution in [0.25, 0.3) is 0 Å². The Kier molecular flexibility index (Phi) is 6.81. The van der Waals surface area contributed by atoms with Gasteiger partial charge in [-0.3, -0.25) is 4.79 Å². The number of benzene rings is 1. The van der Waals surface area contributed by atoms with Crippen LogP contribution in [0.3, 0.4) is 0 Å². The van der Waals surface area contributed by atoms with E-state index in [4.69, 9.17) is 21.4 Å². The van der Waals surface area contributed by atoms with Crippen molar-refractivity contribution in [1.29, 1.82) is 0 Å². The van der Waals surface area contributed by atoms with Crippen LogP contribution in [0.1, 0.15) is 19.8 Å². The van der Waals surface area contributed by atoms with Crippen molar-refractivity contribution in [2.45, 2.75) is 19.8 Å². The molecule has 0 bridgehead atoms. The van der Waals surface area contributed by atoms with Gasteiger partial charge in [-0.2, -0.15) is 0 Å². The van der Waals surface area contributed by atoms with Crippen molar-refractivity contribution in [1.82, 2.24) is 4.90 Å². The average Bonchev–Trinajstić information content (AvgIpc) is 2.43. The summed E-state index contributed by atoms with van der Waals surface area (Å²) in [5.41, 5.74) is 0.524. The molecule has 0 saturated carbocycles. The molecule has 7 heteroatoms. The van der Waals surface area contributed by atoms with E-state index in [0.717, 1.165) is 6.42 Å². The van der Waals surface area contributed by atoms with Crippen LogP contribution in [-0.2, 0) is 4.79 Å². The van der Waals surface area contributed by atoms with Crippen molar-refractivity contribution in [3.05, 3.63) is 23.2 Å². The molecule has 21 heavy (non-hydrogen) atoms. The van der Waals surface area contributed by atoms with E-state index in [1.165, 1.54) is 11.9 Å². The SMILES string of the molecule is CCCOc1ccc(NC(=O)N(C)CCC(=O)O)cc1Cl. The number of aliphatic carboxylic acids is 1. The number of rotatable bonds is 7. The average molecular weight is 315 g/mol. The molecule has 0 radical (unpaired) electrons. The van der Waals surface area contributed by atoms with E-state index in [-0.39, 0.29) is 13.0 Å². The fourth-order valence-electron chi connectivity index (χ4n) is 1.49. The molecule has 2 N–H and O–H groups in total. The molecular weight excluding hydrogens is 296 g/mol. The van der Waals surface area contributed by atoms with Gasteiger partial charge < -0.3 is 20.1 Å². The second-order valence-corrected chi connectivity index (χ2v) is 4.90. The van der Waals surface area contributed by atoms with Crippen molar-refractivity contribution in [2.75, 3.05) is 25.5 Å². The Bertz CT molecular complexity index is 508. The summed E-state index contributed by atoms with van der Waals surface area (Å²) in [6.45, 7) is 2.70. The van der Waals surface area contributed by atoms with Gasteiger partial charge in [-0.05, 0) is 24.6 Å². The van der Waals surface area contributed by atoms with Gasteiger partial charge in [-0.1, -0.05) is 18.5 Å². The molecule has 2 amide bonds. The molecule has 0 saturated heterocycles. The summed E-state index contributed by atoms with van der Waals surface area (Å²) in [7, 11) is 1.53. The number of carboxylic acid groups (broad SMARTS) is 1. The maximum Gasteiger partial charge on any atom is 0.321 e. The third-order valence-electron chi connectivity index (χ3n) is 2.65. The zero-order chi connectivity index (χ0) is 15.8. The predicted octanol–water partition coefficient (Wildman–Crippen LogP) is 3.07. The minimum Gasteiger partial charge on any atom is -0.492 e. The molecule has 0 unspecified atom stereocenters.